The van der Waals surface area contributed by atoms with Gasteiger partial charge in [-0.1, -0.05) is 58.3 Å². The van der Waals surface area contributed by atoms with E-state index in [1.165, 1.54) is 44.9 Å². The molecule has 0 aromatic heterocycles. The number of carboxylic acid groups (broad SMARTS) is 1. The molecule has 0 aliphatic rings. The summed E-state index contributed by atoms with van der Waals surface area (Å²) in [5, 5.41) is 10.1. The van der Waals surface area contributed by atoms with Crippen molar-refractivity contribution in [2.45, 2.75) is 71.1 Å². The first-order valence-electron chi connectivity index (χ1n) is 5.97. The van der Waals surface area contributed by atoms with E-state index in [0.29, 0.717) is 0 Å². The van der Waals surface area contributed by atoms with Crippen LogP contribution in [0.15, 0.2) is 0 Å². The van der Waals surface area contributed by atoms with E-state index in [4.69, 9.17) is 0 Å². The molecular formula is C12H23ClMgO2. The molecule has 2 nitrogen and oxygen atoms in total. The van der Waals surface area contributed by atoms with Gasteiger partial charge in [0.05, 0.1) is 0 Å². The van der Waals surface area contributed by atoms with Gasteiger partial charge in [-0.25, -0.2) is 0 Å². The van der Waals surface area contributed by atoms with Crippen molar-refractivity contribution in [1.82, 2.24) is 0 Å². The van der Waals surface area contributed by atoms with Gasteiger partial charge >= 0.3 is 23.1 Å². The van der Waals surface area contributed by atoms with Crippen LogP contribution in [0.25, 0.3) is 0 Å². The molecule has 0 amide bonds. The van der Waals surface area contributed by atoms with Crippen LogP contribution in [-0.2, 0) is 4.79 Å². The quantitative estimate of drug-likeness (QED) is 0.384. The zero-order valence-corrected chi connectivity index (χ0v) is 12.6. The number of halogens is 1. The SMILES string of the molecule is CCCCCCCCCCCC(=O)[O-].[Cl-].[Mg+2]. The summed E-state index contributed by atoms with van der Waals surface area (Å²) >= 11 is 0. The monoisotopic (exact) mass is 258 g/mol. The molecule has 0 aliphatic heterocycles. The topological polar surface area (TPSA) is 40.1 Å². The minimum Gasteiger partial charge on any atom is -1.00 e. The van der Waals surface area contributed by atoms with Crippen molar-refractivity contribution < 1.29 is 22.3 Å². The molecule has 0 fully saturated rings. The van der Waals surface area contributed by atoms with Gasteiger partial charge in [-0.3, -0.25) is 0 Å². The van der Waals surface area contributed by atoms with Gasteiger partial charge < -0.3 is 22.3 Å². The van der Waals surface area contributed by atoms with Crippen LogP contribution in [0.5, 0.6) is 0 Å². The van der Waals surface area contributed by atoms with E-state index >= 15 is 0 Å². The van der Waals surface area contributed by atoms with Crippen LogP contribution in [0.3, 0.4) is 0 Å². The predicted octanol–water partition coefficient (Wildman–Crippen LogP) is -0.720. The summed E-state index contributed by atoms with van der Waals surface area (Å²) in [6, 6.07) is 0. The molecule has 0 saturated carbocycles. The number of hydrogen-bond donors (Lipinski definition) is 0. The minimum atomic E-state index is -0.909. The number of unbranched alkanes of at least 4 members (excludes halogenated alkanes) is 8. The first-order chi connectivity index (χ1) is 6.77. The number of hydrogen-bond acceptors (Lipinski definition) is 2. The summed E-state index contributed by atoms with van der Waals surface area (Å²) < 4.78 is 0. The van der Waals surface area contributed by atoms with Gasteiger partial charge in [-0.05, 0) is 12.8 Å². The molecule has 0 bridgehead atoms. The summed E-state index contributed by atoms with van der Waals surface area (Å²) in [6.07, 6.45) is 11.2. The molecule has 0 aromatic carbocycles. The first-order valence-corrected chi connectivity index (χ1v) is 5.97. The average molecular weight is 259 g/mol. The Morgan fingerprint density at radius 1 is 0.875 bits per heavy atom. The fourth-order valence-electron chi connectivity index (χ4n) is 1.58. The van der Waals surface area contributed by atoms with E-state index < -0.39 is 5.97 Å². The molecule has 0 atom stereocenters. The molecule has 0 unspecified atom stereocenters. The van der Waals surface area contributed by atoms with Crippen molar-refractivity contribution in [1.29, 1.82) is 0 Å². The maximum atomic E-state index is 10.1. The Kier molecular flexibility index (Phi) is 24.4. The fourth-order valence-corrected chi connectivity index (χ4v) is 1.58. The molecule has 0 heterocycles. The van der Waals surface area contributed by atoms with Gasteiger partial charge in [0.1, 0.15) is 0 Å². The van der Waals surface area contributed by atoms with Crippen LogP contribution in [0.2, 0.25) is 0 Å². The third-order valence-electron chi connectivity index (χ3n) is 2.48. The normalized spacial score (nSPS) is 9.06. The smallest absolute Gasteiger partial charge is 1.00 e. The van der Waals surface area contributed by atoms with E-state index in [1.807, 2.05) is 0 Å². The molecule has 0 rings (SSSR count). The minimum absolute atomic E-state index is 0. The van der Waals surface area contributed by atoms with E-state index in [2.05, 4.69) is 6.92 Å². The second kappa shape index (κ2) is 17.9. The van der Waals surface area contributed by atoms with Gasteiger partial charge in [-0.2, -0.15) is 0 Å². The van der Waals surface area contributed by atoms with Crippen LogP contribution in [0.1, 0.15) is 71.1 Å². The standard InChI is InChI=1S/C12H24O2.ClH.Mg/c1-2-3-4-5-6-7-8-9-10-11-12(13)14;;/h2-11H2,1H3,(H,13,14);1H;/q;;+2/p-2. The molecular weight excluding hydrogens is 236 g/mol. The molecule has 0 spiro atoms. The summed E-state index contributed by atoms with van der Waals surface area (Å²) in [4.78, 5) is 10.1. The Hall–Kier alpha value is 0.526. The number of carbonyl (C=O) groups is 1. The van der Waals surface area contributed by atoms with E-state index in [0.717, 1.165) is 12.8 Å². The van der Waals surface area contributed by atoms with Crippen molar-refractivity contribution in [3.8, 4) is 0 Å². The van der Waals surface area contributed by atoms with Crippen LogP contribution >= 0.6 is 0 Å². The van der Waals surface area contributed by atoms with E-state index in [1.54, 1.807) is 0 Å². The second-order valence-electron chi connectivity index (χ2n) is 3.95. The van der Waals surface area contributed by atoms with Crippen molar-refractivity contribution in [3.05, 3.63) is 0 Å². The molecule has 0 saturated heterocycles. The molecule has 0 aromatic rings. The fraction of sp³-hybridized carbons (Fsp3) is 0.917. The Morgan fingerprint density at radius 2 is 1.25 bits per heavy atom. The maximum Gasteiger partial charge on any atom is 2.00 e. The van der Waals surface area contributed by atoms with Crippen molar-refractivity contribution in [2.75, 3.05) is 0 Å². The van der Waals surface area contributed by atoms with Crippen molar-refractivity contribution in [2.24, 2.45) is 0 Å². The molecule has 16 heavy (non-hydrogen) atoms. The zero-order valence-electron chi connectivity index (χ0n) is 10.5. The van der Waals surface area contributed by atoms with Crippen molar-refractivity contribution in [3.63, 3.8) is 0 Å². The Labute approximate surface area is 122 Å². The Morgan fingerprint density at radius 3 is 1.62 bits per heavy atom. The van der Waals surface area contributed by atoms with Crippen LogP contribution in [-0.4, -0.2) is 29.0 Å². The van der Waals surface area contributed by atoms with E-state index in [-0.39, 0.29) is 41.9 Å². The summed E-state index contributed by atoms with van der Waals surface area (Å²) in [5.41, 5.74) is 0. The largest absolute Gasteiger partial charge is 2.00 e. The summed E-state index contributed by atoms with van der Waals surface area (Å²) in [6.45, 7) is 2.22. The van der Waals surface area contributed by atoms with Gasteiger partial charge in [0, 0.05) is 5.97 Å². The summed E-state index contributed by atoms with van der Waals surface area (Å²) in [7, 11) is 0. The van der Waals surface area contributed by atoms with Gasteiger partial charge in [0.15, 0.2) is 0 Å². The molecule has 0 aliphatic carbocycles. The number of rotatable bonds is 10. The Balaban J connectivity index is -0.000000845. The number of carbonyl (C=O) groups excluding carboxylic acids is 1. The van der Waals surface area contributed by atoms with Crippen molar-refractivity contribution >= 4 is 29.0 Å². The van der Waals surface area contributed by atoms with Crippen LogP contribution in [0.4, 0.5) is 0 Å². The molecule has 92 valence electrons. The Bertz CT molecular complexity index is 143. The van der Waals surface area contributed by atoms with Crippen LogP contribution in [0, 0.1) is 0 Å². The first kappa shape index (κ1) is 21.8. The predicted molar refractivity (Wildman–Crippen MR) is 62.6 cm³/mol. The zero-order chi connectivity index (χ0) is 10.6. The average Bonchev–Trinajstić information content (AvgIpc) is 2.15. The molecule has 0 radical (unpaired) electrons. The second-order valence-corrected chi connectivity index (χ2v) is 3.95. The molecule has 4 heteroatoms. The van der Waals surface area contributed by atoms with Crippen LogP contribution < -0.4 is 17.5 Å². The number of carboxylic acids is 1. The van der Waals surface area contributed by atoms with Gasteiger partial charge in [0.25, 0.3) is 0 Å². The van der Waals surface area contributed by atoms with Gasteiger partial charge in [0.2, 0.25) is 0 Å². The third kappa shape index (κ3) is 20.0. The third-order valence-corrected chi connectivity index (χ3v) is 2.48. The number of aliphatic carboxylic acids is 1. The van der Waals surface area contributed by atoms with E-state index in [9.17, 15) is 9.90 Å². The van der Waals surface area contributed by atoms with Gasteiger partial charge in [-0.15, -0.1) is 0 Å². The molecule has 0 N–H and O–H groups in total. The summed E-state index contributed by atoms with van der Waals surface area (Å²) in [5.74, 6) is -0.909. The maximum absolute atomic E-state index is 10.1.